The predicted octanol–water partition coefficient (Wildman–Crippen LogP) is 4.27. The molecule has 2 N–H and O–H groups in total. The molecule has 5 nitrogen and oxygen atoms in total. The van der Waals surface area contributed by atoms with Crippen LogP contribution in [0, 0.1) is 6.92 Å². The number of ether oxygens (including phenoxy) is 1. The molecule has 0 saturated carbocycles. The van der Waals surface area contributed by atoms with Gasteiger partial charge in [-0.15, -0.1) is 0 Å². The third kappa shape index (κ3) is 3.64. The molecule has 24 heavy (non-hydrogen) atoms. The molecule has 2 aromatic carbocycles. The first-order valence-electron chi connectivity index (χ1n) is 7.81. The van der Waals surface area contributed by atoms with Crippen molar-refractivity contribution in [3.63, 3.8) is 0 Å². The van der Waals surface area contributed by atoms with Gasteiger partial charge in [0.1, 0.15) is 23.8 Å². The summed E-state index contributed by atoms with van der Waals surface area (Å²) < 4.78 is 11.6. The molecule has 124 valence electrons. The van der Waals surface area contributed by atoms with Crippen LogP contribution in [0.5, 0.6) is 5.75 Å². The van der Waals surface area contributed by atoms with Gasteiger partial charge in [0.15, 0.2) is 0 Å². The fourth-order valence-corrected chi connectivity index (χ4v) is 2.37. The maximum Gasteiger partial charge on any atom is 0.226 e. The van der Waals surface area contributed by atoms with Crippen LogP contribution in [0.25, 0.3) is 11.5 Å². The summed E-state index contributed by atoms with van der Waals surface area (Å²) in [7, 11) is 0. The number of aryl methyl sites for hydroxylation is 1. The van der Waals surface area contributed by atoms with Crippen molar-refractivity contribution in [3.05, 3.63) is 71.6 Å². The third-order valence-electron chi connectivity index (χ3n) is 3.84. The van der Waals surface area contributed by atoms with E-state index in [1.165, 1.54) is 0 Å². The average Bonchev–Trinajstić information content (AvgIpc) is 3.01. The fraction of sp³-hybridized carbons (Fsp3) is 0.211. The van der Waals surface area contributed by atoms with E-state index in [4.69, 9.17) is 14.4 Å². The largest absolute Gasteiger partial charge is 0.487 e. The van der Waals surface area contributed by atoms with Crippen LogP contribution in [0.15, 0.2) is 59.0 Å². The molecule has 0 fully saturated rings. The summed E-state index contributed by atoms with van der Waals surface area (Å²) in [6, 6.07) is 17.2. The van der Waals surface area contributed by atoms with Crippen molar-refractivity contribution in [2.75, 3.05) is 0 Å². The van der Waals surface area contributed by atoms with Gasteiger partial charge in [0.05, 0.1) is 6.04 Å². The van der Waals surface area contributed by atoms with Gasteiger partial charge in [0.2, 0.25) is 5.89 Å². The van der Waals surface area contributed by atoms with Crippen LogP contribution >= 0.6 is 0 Å². The van der Waals surface area contributed by atoms with E-state index in [0.717, 1.165) is 28.3 Å². The summed E-state index contributed by atoms with van der Waals surface area (Å²) in [5.74, 6) is 2.06. The lowest BCUT2D eigenvalue weighted by Gasteiger charge is -2.11. The van der Waals surface area contributed by atoms with Gasteiger partial charge in [-0.2, -0.15) is 5.48 Å². The quantitative estimate of drug-likeness (QED) is 0.663. The van der Waals surface area contributed by atoms with Gasteiger partial charge in [-0.3, -0.25) is 0 Å². The van der Waals surface area contributed by atoms with Crippen molar-refractivity contribution in [1.29, 1.82) is 0 Å². The van der Waals surface area contributed by atoms with Gasteiger partial charge in [-0.25, -0.2) is 4.98 Å². The van der Waals surface area contributed by atoms with E-state index >= 15 is 0 Å². The van der Waals surface area contributed by atoms with E-state index in [1.54, 1.807) is 0 Å². The van der Waals surface area contributed by atoms with E-state index in [1.807, 2.05) is 68.4 Å². The van der Waals surface area contributed by atoms with E-state index in [2.05, 4.69) is 10.5 Å². The molecule has 3 rings (SSSR count). The van der Waals surface area contributed by atoms with Gasteiger partial charge < -0.3 is 14.4 Å². The average molecular weight is 324 g/mol. The van der Waals surface area contributed by atoms with E-state index in [9.17, 15) is 0 Å². The molecule has 1 aromatic heterocycles. The van der Waals surface area contributed by atoms with Crippen molar-refractivity contribution in [2.45, 2.75) is 26.5 Å². The molecule has 0 spiro atoms. The van der Waals surface area contributed by atoms with Crippen LogP contribution in [0.4, 0.5) is 0 Å². The number of hydrogen-bond acceptors (Lipinski definition) is 5. The summed E-state index contributed by atoms with van der Waals surface area (Å²) in [6.45, 7) is 4.08. The molecule has 0 aliphatic heterocycles. The Hall–Kier alpha value is -2.63. The number of benzene rings is 2. The van der Waals surface area contributed by atoms with E-state index in [-0.39, 0.29) is 6.04 Å². The molecule has 0 amide bonds. The fourth-order valence-electron chi connectivity index (χ4n) is 2.37. The van der Waals surface area contributed by atoms with Crippen molar-refractivity contribution < 1.29 is 14.4 Å². The van der Waals surface area contributed by atoms with Crippen LogP contribution in [0.3, 0.4) is 0 Å². The van der Waals surface area contributed by atoms with Crippen LogP contribution < -0.4 is 10.2 Å². The first-order chi connectivity index (χ1) is 11.7. The smallest absolute Gasteiger partial charge is 0.226 e. The van der Waals surface area contributed by atoms with E-state index < -0.39 is 0 Å². The number of hydroxylamine groups is 1. The molecule has 5 heteroatoms. The summed E-state index contributed by atoms with van der Waals surface area (Å²) in [6.07, 6.45) is 0. The minimum atomic E-state index is -0.160. The predicted molar refractivity (Wildman–Crippen MR) is 90.8 cm³/mol. The normalized spacial score (nSPS) is 12.1. The van der Waals surface area contributed by atoms with Crippen LogP contribution in [0.1, 0.15) is 30.0 Å². The molecular weight excluding hydrogens is 304 g/mol. The Morgan fingerprint density at radius 1 is 1.17 bits per heavy atom. The second-order valence-electron chi connectivity index (χ2n) is 5.60. The maximum absolute atomic E-state index is 9.02. The molecule has 0 bridgehead atoms. The second-order valence-corrected chi connectivity index (χ2v) is 5.60. The van der Waals surface area contributed by atoms with Crippen LogP contribution in [0.2, 0.25) is 0 Å². The zero-order valence-electron chi connectivity index (χ0n) is 13.7. The Morgan fingerprint density at radius 3 is 2.71 bits per heavy atom. The van der Waals surface area contributed by atoms with Gasteiger partial charge in [0, 0.05) is 5.56 Å². The second kappa shape index (κ2) is 7.29. The van der Waals surface area contributed by atoms with Crippen molar-refractivity contribution >= 4 is 0 Å². The highest BCUT2D eigenvalue weighted by Crippen LogP contribution is 2.23. The summed E-state index contributed by atoms with van der Waals surface area (Å²) >= 11 is 0. The number of rotatable bonds is 6. The summed E-state index contributed by atoms with van der Waals surface area (Å²) in [5, 5.41) is 9.02. The lowest BCUT2D eigenvalue weighted by molar-refractivity contribution is 0.133. The topological polar surface area (TPSA) is 67.5 Å². The molecule has 0 aliphatic rings. The highest BCUT2D eigenvalue weighted by Gasteiger charge is 2.12. The molecule has 3 aromatic rings. The maximum atomic E-state index is 9.02. The number of aromatic nitrogens is 1. The zero-order valence-corrected chi connectivity index (χ0v) is 13.7. The van der Waals surface area contributed by atoms with Crippen LogP contribution in [-0.4, -0.2) is 10.2 Å². The minimum Gasteiger partial charge on any atom is -0.487 e. The summed E-state index contributed by atoms with van der Waals surface area (Å²) in [4.78, 5) is 4.52. The Morgan fingerprint density at radius 2 is 1.96 bits per heavy atom. The molecule has 1 atom stereocenters. The van der Waals surface area contributed by atoms with E-state index in [0.29, 0.717) is 12.5 Å². The Labute approximate surface area is 140 Å². The zero-order chi connectivity index (χ0) is 16.9. The lowest BCUT2D eigenvalue weighted by Crippen LogP contribution is -2.13. The highest BCUT2D eigenvalue weighted by molar-refractivity contribution is 5.53. The highest BCUT2D eigenvalue weighted by atomic mass is 16.5. The third-order valence-corrected chi connectivity index (χ3v) is 3.84. The SMILES string of the molecule is Cc1oc(-c2ccccc2)nc1COc1cccc(C(C)NO)c1. The number of nitrogens with zero attached hydrogens (tertiary/aromatic N) is 1. The van der Waals surface area contributed by atoms with Gasteiger partial charge in [0.25, 0.3) is 0 Å². The van der Waals surface area contributed by atoms with Crippen molar-refractivity contribution in [3.8, 4) is 17.2 Å². The monoisotopic (exact) mass is 324 g/mol. The molecule has 0 saturated heterocycles. The first-order valence-corrected chi connectivity index (χ1v) is 7.81. The van der Waals surface area contributed by atoms with Crippen molar-refractivity contribution in [2.24, 2.45) is 0 Å². The summed E-state index contributed by atoms with van der Waals surface area (Å²) in [5.41, 5.74) is 4.88. The Kier molecular flexibility index (Phi) is 4.93. The lowest BCUT2D eigenvalue weighted by atomic mass is 10.1. The minimum absolute atomic E-state index is 0.160. The Bertz CT molecular complexity index is 799. The molecule has 1 heterocycles. The molecule has 0 aliphatic carbocycles. The van der Waals surface area contributed by atoms with Gasteiger partial charge >= 0.3 is 0 Å². The standard InChI is InChI=1S/C19H20N2O3/c1-13(21-22)16-9-6-10-17(11-16)23-12-18-14(2)24-19(20-18)15-7-4-3-5-8-15/h3-11,13,21-22H,12H2,1-2H3. The number of oxazole rings is 1. The van der Waals surface area contributed by atoms with Gasteiger partial charge in [-0.1, -0.05) is 30.3 Å². The number of hydrogen-bond donors (Lipinski definition) is 2. The van der Waals surface area contributed by atoms with Crippen LogP contribution in [-0.2, 0) is 6.61 Å². The number of nitrogens with one attached hydrogen (secondary N) is 1. The molecule has 1 unspecified atom stereocenters. The molecular formula is C19H20N2O3. The van der Waals surface area contributed by atoms with Gasteiger partial charge in [-0.05, 0) is 43.7 Å². The van der Waals surface area contributed by atoms with Crippen molar-refractivity contribution in [1.82, 2.24) is 10.5 Å². The Balaban J connectivity index is 1.72. The molecule has 0 radical (unpaired) electrons. The first kappa shape index (κ1) is 16.2.